The van der Waals surface area contributed by atoms with E-state index in [0.717, 1.165) is 23.1 Å². The minimum Gasteiger partial charge on any atom is -0.409 e. The van der Waals surface area contributed by atoms with E-state index in [9.17, 15) is 0 Å². The molecule has 0 aliphatic carbocycles. The zero-order valence-electron chi connectivity index (χ0n) is 11.0. The lowest BCUT2D eigenvalue weighted by Crippen LogP contribution is -2.26. The van der Waals surface area contributed by atoms with Crippen LogP contribution in [0.2, 0.25) is 0 Å². The summed E-state index contributed by atoms with van der Waals surface area (Å²) in [5, 5.41) is 4.45. The number of hydrogen-bond donors (Lipinski definition) is 0. The Hall–Kier alpha value is -0.980. The third-order valence-electron chi connectivity index (χ3n) is 2.94. The Balaban J connectivity index is 2.31. The van der Waals surface area contributed by atoms with Gasteiger partial charge >= 0.3 is 0 Å². The van der Waals surface area contributed by atoms with Crippen molar-refractivity contribution in [2.45, 2.75) is 20.5 Å². The molecular formula is C13H16BrN3OS. The fourth-order valence-corrected chi connectivity index (χ4v) is 2.38. The molecule has 1 aromatic heterocycles. The molecule has 4 nitrogen and oxygen atoms in total. The maximum absolute atomic E-state index is 5.58. The summed E-state index contributed by atoms with van der Waals surface area (Å²) >= 11 is 8.71. The number of benzene rings is 1. The molecule has 0 spiro atoms. The topological polar surface area (TPSA) is 34.2 Å². The third kappa shape index (κ3) is 3.32. The fourth-order valence-electron chi connectivity index (χ4n) is 1.75. The number of nitrogens with zero attached hydrogens (tertiary/aromatic N) is 3. The van der Waals surface area contributed by atoms with Gasteiger partial charge in [-0.1, -0.05) is 26.0 Å². The molecule has 0 saturated carbocycles. The van der Waals surface area contributed by atoms with Crippen LogP contribution < -0.4 is 0 Å². The molecule has 0 fully saturated rings. The summed E-state index contributed by atoms with van der Waals surface area (Å²) in [5.41, 5.74) is 0.909. The standard InChI is InChI=1S/C13H16BrN3OS/c1-3-16(4-2)9-17-13(19)18-12(15-17)10-7-5-6-8-11(10)14/h5-8H,3-4,9H2,1-2H3. The molecule has 19 heavy (non-hydrogen) atoms. The first-order valence-electron chi connectivity index (χ1n) is 6.21. The van der Waals surface area contributed by atoms with E-state index in [0.29, 0.717) is 17.4 Å². The number of hydrogen-bond acceptors (Lipinski definition) is 4. The Labute approximate surface area is 126 Å². The van der Waals surface area contributed by atoms with Crippen molar-refractivity contribution in [2.24, 2.45) is 0 Å². The second kappa shape index (κ2) is 6.45. The SMILES string of the molecule is CCN(CC)Cn1nc(-c2ccccc2Br)oc1=S. The lowest BCUT2D eigenvalue weighted by molar-refractivity contribution is 0.224. The van der Waals surface area contributed by atoms with Crippen LogP contribution in [0.15, 0.2) is 33.2 Å². The van der Waals surface area contributed by atoms with Gasteiger partial charge < -0.3 is 4.42 Å². The van der Waals surface area contributed by atoms with Crippen molar-refractivity contribution in [3.8, 4) is 11.5 Å². The van der Waals surface area contributed by atoms with Crippen LogP contribution in [0, 0.1) is 4.84 Å². The van der Waals surface area contributed by atoms with Crippen LogP contribution in [-0.2, 0) is 6.67 Å². The summed E-state index contributed by atoms with van der Waals surface area (Å²) in [4.78, 5) is 2.62. The quantitative estimate of drug-likeness (QED) is 0.771. The first-order valence-corrected chi connectivity index (χ1v) is 7.41. The zero-order chi connectivity index (χ0) is 13.8. The first kappa shape index (κ1) is 14.4. The van der Waals surface area contributed by atoms with Crippen LogP contribution >= 0.6 is 28.1 Å². The molecular weight excluding hydrogens is 326 g/mol. The Kier molecular flexibility index (Phi) is 4.90. The molecule has 2 aromatic rings. The molecule has 0 aliphatic rings. The number of rotatable bonds is 5. The number of aromatic nitrogens is 2. The largest absolute Gasteiger partial charge is 0.409 e. The molecule has 0 radical (unpaired) electrons. The van der Waals surface area contributed by atoms with Gasteiger partial charge in [0, 0.05) is 4.47 Å². The maximum atomic E-state index is 5.58. The predicted molar refractivity (Wildman–Crippen MR) is 81.4 cm³/mol. The summed E-state index contributed by atoms with van der Waals surface area (Å²) < 4.78 is 8.25. The average Bonchev–Trinajstić information content (AvgIpc) is 2.77. The van der Waals surface area contributed by atoms with Crippen LogP contribution in [-0.4, -0.2) is 27.8 Å². The van der Waals surface area contributed by atoms with Gasteiger partial charge in [0.25, 0.3) is 4.84 Å². The van der Waals surface area contributed by atoms with E-state index in [-0.39, 0.29) is 0 Å². The van der Waals surface area contributed by atoms with Gasteiger partial charge in [-0.15, -0.1) is 5.10 Å². The van der Waals surface area contributed by atoms with Gasteiger partial charge in [-0.3, -0.25) is 4.90 Å². The van der Waals surface area contributed by atoms with Crippen molar-refractivity contribution < 1.29 is 4.42 Å². The van der Waals surface area contributed by atoms with Gasteiger partial charge in [-0.05, 0) is 53.4 Å². The van der Waals surface area contributed by atoms with Gasteiger partial charge in [-0.25, -0.2) is 4.68 Å². The predicted octanol–water partition coefficient (Wildman–Crippen LogP) is 3.93. The molecule has 1 aromatic carbocycles. The molecule has 0 amide bonds. The third-order valence-corrected chi connectivity index (χ3v) is 3.92. The molecule has 0 unspecified atom stereocenters. The Morgan fingerprint density at radius 3 is 2.63 bits per heavy atom. The highest BCUT2D eigenvalue weighted by Gasteiger charge is 2.12. The zero-order valence-corrected chi connectivity index (χ0v) is 13.4. The van der Waals surface area contributed by atoms with Gasteiger partial charge in [0.05, 0.1) is 12.2 Å². The number of halogens is 1. The van der Waals surface area contributed by atoms with Crippen LogP contribution in [0.4, 0.5) is 0 Å². The molecule has 6 heteroatoms. The Morgan fingerprint density at radius 2 is 2.00 bits per heavy atom. The van der Waals surface area contributed by atoms with E-state index in [2.05, 4.69) is 39.8 Å². The summed E-state index contributed by atoms with van der Waals surface area (Å²) in [6.07, 6.45) is 0. The van der Waals surface area contributed by atoms with Crippen LogP contribution in [0.25, 0.3) is 11.5 Å². The fraction of sp³-hybridized carbons (Fsp3) is 0.385. The maximum Gasteiger partial charge on any atom is 0.288 e. The molecule has 0 bridgehead atoms. The van der Waals surface area contributed by atoms with Crippen LogP contribution in [0.3, 0.4) is 0 Å². The van der Waals surface area contributed by atoms with Crippen molar-refractivity contribution in [1.29, 1.82) is 0 Å². The summed E-state index contributed by atoms with van der Waals surface area (Å²) in [5.74, 6) is 0.546. The molecule has 102 valence electrons. The minimum absolute atomic E-state index is 0.401. The summed E-state index contributed by atoms with van der Waals surface area (Å²) in [6.45, 7) is 6.79. The van der Waals surface area contributed by atoms with Crippen molar-refractivity contribution in [1.82, 2.24) is 14.7 Å². The van der Waals surface area contributed by atoms with E-state index in [1.54, 1.807) is 4.68 Å². The highest BCUT2D eigenvalue weighted by Crippen LogP contribution is 2.26. The molecule has 0 saturated heterocycles. The van der Waals surface area contributed by atoms with Crippen LogP contribution in [0.5, 0.6) is 0 Å². The van der Waals surface area contributed by atoms with Crippen molar-refractivity contribution >= 4 is 28.1 Å². The Morgan fingerprint density at radius 1 is 1.32 bits per heavy atom. The lowest BCUT2D eigenvalue weighted by Gasteiger charge is -2.16. The monoisotopic (exact) mass is 341 g/mol. The first-order chi connectivity index (χ1) is 9.15. The molecule has 0 atom stereocenters. The van der Waals surface area contributed by atoms with Gasteiger partial charge in [-0.2, -0.15) is 0 Å². The minimum atomic E-state index is 0.401. The smallest absolute Gasteiger partial charge is 0.288 e. The molecule has 0 N–H and O–H groups in total. The Bertz CT molecular complexity index is 604. The second-order valence-electron chi connectivity index (χ2n) is 4.10. The molecule has 1 heterocycles. The second-order valence-corrected chi connectivity index (χ2v) is 5.30. The average molecular weight is 342 g/mol. The highest BCUT2D eigenvalue weighted by molar-refractivity contribution is 9.10. The van der Waals surface area contributed by atoms with E-state index < -0.39 is 0 Å². The molecule has 0 aliphatic heterocycles. The lowest BCUT2D eigenvalue weighted by atomic mass is 10.2. The molecule has 2 rings (SSSR count). The normalized spacial score (nSPS) is 11.2. The van der Waals surface area contributed by atoms with Crippen molar-refractivity contribution in [2.75, 3.05) is 13.1 Å². The summed E-state index contributed by atoms with van der Waals surface area (Å²) in [6, 6.07) is 7.81. The van der Waals surface area contributed by atoms with Crippen molar-refractivity contribution in [3.63, 3.8) is 0 Å². The van der Waals surface area contributed by atoms with E-state index >= 15 is 0 Å². The van der Waals surface area contributed by atoms with E-state index in [1.807, 2.05) is 24.3 Å². The summed E-state index contributed by atoms with van der Waals surface area (Å²) in [7, 11) is 0. The van der Waals surface area contributed by atoms with Gasteiger partial charge in [0.15, 0.2) is 0 Å². The van der Waals surface area contributed by atoms with Gasteiger partial charge in [0.1, 0.15) is 0 Å². The van der Waals surface area contributed by atoms with Crippen molar-refractivity contribution in [3.05, 3.63) is 33.6 Å². The van der Waals surface area contributed by atoms with E-state index in [4.69, 9.17) is 16.6 Å². The van der Waals surface area contributed by atoms with Gasteiger partial charge in [0.2, 0.25) is 5.89 Å². The van der Waals surface area contributed by atoms with E-state index in [1.165, 1.54) is 0 Å². The highest BCUT2D eigenvalue weighted by atomic mass is 79.9. The van der Waals surface area contributed by atoms with Crippen LogP contribution in [0.1, 0.15) is 13.8 Å².